The summed E-state index contributed by atoms with van der Waals surface area (Å²) in [6.45, 7) is 8.72. The Morgan fingerprint density at radius 2 is 1.84 bits per heavy atom. The summed E-state index contributed by atoms with van der Waals surface area (Å²) in [7, 11) is 0. The number of hydrogen-bond acceptors (Lipinski definition) is 2. The highest BCUT2D eigenvalue weighted by molar-refractivity contribution is 4.99. The highest BCUT2D eigenvalue weighted by Crippen LogP contribution is 2.36. The summed E-state index contributed by atoms with van der Waals surface area (Å²) in [5.41, 5.74) is 0.410. The van der Waals surface area contributed by atoms with Gasteiger partial charge in [-0.1, -0.05) is 26.2 Å². The predicted octanol–water partition coefficient (Wildman–Crippen LogP) is 3.42. The van der Waals surface area contributed by atoms with Crippen molar-refractivity contribution >= 4 is 0 Å². The van der Waals surface area contributed by atoms with Crippen LogP contribution in [-0.2, 0) is 0 Å². The molecular formula is C17H32N2. The lowest BCUT2D eigenvalue weighted by Gasteiger charge is -2.50. The molecule has 0 aromatic rings. The topological polar surface area (TPSA) is 15.3 Å². The summed E-state index contributed by atoms with van der Waals surface area (Å²) >= 11 is 0. The molecule has 1 aliphatic heterocycles. The minimum absolute atomic E-state index is 0.410. The first-order valence-corrected chi connectivity index (χ1v) is 8.70. The molecule has 2 unspecified atom stereocenters. The molecule has 0 amide bonds. The van der Waals surface area contributed by atoms with E-state index in [-0.39, 0.29) is 0 Å². The number of hydrogen-bond donors (Lipinski definition) is 1. The van der Waals surface area contributed by atoms with Crippen LogP contribution in [0.2, 0.25) is 0 Å². The first kappa shape index (κ1) is 13.9. The third kappa shape index (κ3) is 3.16. The zero-order chi connectivity index (χ0) is 13.3. The second-order valence-corrected chi connectivity index (χ2v) is 7.58. The van der Waals surface area contributed by atoms with Gasteiger partial charge in [0.05, 0.1) is 0 Å². The third-order valence-corrected chi connectivity index (χ3v) is 6.08. The lowest BCUT2D eigenvalue weighted by atomic mass is 9.80. The average Bonchev–Trinajstić information content (AvgIpc) is 3.26. The molecule has 3 fully saturated rings. The molecule has 1 heterocycles. The zero-order valence-electron chi connectivity index (χ0n) is 13.0. The Bertz CT molecular complexity index is 294. The number of nitrogens with zero attached hydrogens (tertiary/aromatic N) is 1. The van der Waals surface area contributed by atoms with Crippen LogP contribution < -0.4 is 5.32 Å². The van der Waals surface area contributed by atoms with Crippen LogP contribution in [0.5, 0.6) is 0 Å². The van der Waals surface area contributed by atoms with Gasteiger partial charge in [-0.25, -0.2) is 0 Å². The van der Waals surface area contributed by atoms with E-state index in [9.17, 15) is 0 Å². The first-order valence-electron chi connectivity index (χ1n) is 8.70. The van der Waals surface area contributed by atoms with Crippen molar-refractivity contribution in [2.75, 3.05) is 19.6 Å². The van der Waals surface area contributed by atoms with E-state index in [1.807, 2.05) is 0 Å². The number of nitrogens with one attached hydrogen (secondary N) is 1. The van der Waals surface area contributed by atoms with Crippen molar-refractivity contribution in [3.05, 3.63) is 0 Å². The Labute approximate surface area is 119 Å². The monoisotopic (exact) mass is 264 g/mol. The van der Waals surface area contributed by atoms with Crippen LogP contribution >= 0.6 is 0 Å². The van der Waals surface area contributed by atoms with Crippen LogP contribution in [0, 0.1) is 11.8 Å². The molecule has 2 saturated carbocycles. The average molecular weight is 264 g/mol. The molecule has 0 radical (unpaired) electrons. The summed E-state index contributed by atoms with van der Waals surface area (Å²) in [6, 6.07) is 0.777. The molecule has 1 N–H and O–H groups in total. The van der Waals surface area contributed by atoms with E-state index < -0.39 is 0 Å². The first-order chi connectivity index (χ1) is 9.21. The largest absolute Gasteiger partial charge is 0.311 e. The van der Waals surface area contributed by atoms with Gasteiger partial charge in [-0.15, -0.1) is 0 Å². The van der Waals surface area contributed by atoms with Crippen LogP contribution in [0.1, 0.15) is 65.2 Å². The van der Waals surface area contributed by atoms with Gasteiger partial charge in [-0.2, -0.15) is 0 Å². The van der Waals surface area contributed by atoms with Gasteiger partial charge in [0, 0.05) is 31.2 Å². The molecule has 0 aromatic carbocycles. The number of rotatable bonds is 4. The summed E-state index contributed by atoms with van der Waals surface area (Å²) in [5, 5.41) is 3.91. The number of piperazine rings is 1. The summed E-state index contributed by atoms with van der Waals surface area (Å²) in [4.78, 5) is 2.85. The maximum absolute atomic E-state index is 3.91. The standard InChI is InChI=1S/C17H32N2/c1-3-17(2)13-18-16(15-7-5-4-6-8-15)12-19(17)11-14-9-10-14/h14-16,18H,3-13H2,1-2H3. The molecule has 0 aromatic heterocycles. The lowest BCUT2D eigenvalue weighted by molar-refractivity contribution is 0.0260. The Morgan fingerprint density at radius 1 is 1.11 bits per heavy atom. The van der Waals surface area contributed by atoms with Gasteiger partial charge >= 0.3 is 0 Å². The molecule has 1 saturated heterocycles. The van der Waals surface area contributed by atoms with E-state index in [1.54, 1.807) is 0 Å². The molecule has 2 atom stereocenters. The Balaban J connectivity index is 1.62. The summed E-state index contributed by atoms with van der Waals surface area (Å²) in [6.07, 6.45) is 11.6. The molecule has 110 valence electrons. The van der Waals surface area contributed by atoms with Crippen LogP contribution in [-0.4, -0.2) is 36.1 Å². The molecular weight excluding hydrogens is 232 g/mol. The van der Waals surface area contributed by atoms with Crippen molar-refractivity contribution in [1.82, 2.24) is 10.2 Å². The van der Waals surface area contributed by atoms with Crippen molar-refractivity contribution in [3.63, 3.8) is 0 Å². The second kappa shape index (κ2) is 5.73. The highest BCUT2D eigenvalue weighted by atomic mass is 15.3. The fourth-order valence-corrected chi connectivity index (χ4v) is 4.09. The fraction of sp³-hybridized carbons (Fsp3) is 1.00. The van der Waals surface area contributed by atoms with Gasteiger partial charge in [0.2, 0.25) is 0 Å². The molecule has 19 heavy (non-hydrogen) atoms. The molecule has 0 bridgehead atoms. The molecule has 0 spiro atoms. The van der Waals surface area contributed by atoms with E-state index in [0.29, 0.717) is 5.54 Å². The van der Waals surface area contributed by atoms with Crippen LogP contribution in [0.15, 0.2) is 0 Å². The van der Waals surface area contributed by atoms with E-state index in [2.05, 4.69) is 24.1 Å². The van der Waals surface area contributed by atoms with Crippen molar-refractivity contribution < 1.29 is 0 Å². The van der Waals surface area contributed by atoms with Crippen molar-refractivity contribution in [2.45, 2.75) is 76.8 Å². The SMILES string of the molecule is CCC1(C)CNC(C2CCCCC2)CN1CC1CC1. The Kier molecular flexibility index (Phi) is 4.19. The van der Waals surface area contributed by atoms with E-state index in [4.69, 9.17) is 0 Å². The maximum Gasteiger partial charge on any atom is 0.0304 e. The van der Waals surface area contributed by atoms with Gasteiger partial charge in [0.15, 0.2) is 0 Å². The van der Waals surface area contributed by atoms with E-state index in [1.165, 1.54) is 71.0 Å². The van der Waals surface area contributed by atoms with E-state index >= 15 is 0 Å². The van der Waals surface area contributed by atoms with Gasteiger partial charge in [0.1, 0.15) is 0 Å². The summed E-state index contributed by atoms with van der Waals surface area (Å²) < 4.78 is 0. The van der Waals surface area contributed by atoms with Crippen LogP contribution in [0.4, 0.5) is 0 Å². The minimum atomic E-state index is 0.410. The lowest BCUT2D eigenvalue weighted by Crippen LogP contribution is -2.65. The Hall–Kier alpha value is -0.0800. The fourth-order valence-electron chi connectivity index (χ4n) is 4.09. The predicted molar refractivity (Wildman–Crippen MR) is 81.4 cm³/mol. The molecule has 2 aliphatic carbocycles. The zero-order valence-corrected chi connectivity index (χ0v) is 13.0. The smallest absolute Gasteiger partial charge is 0.0304 e. The molecule has 3 rings (SSSR count). The van der Waals surface area contributed by atoms with Gasteiger partial charge in [-0.3, -0.25) is 4.90 Å². The van der Waals surface area contributed by atoms with Crippen molar-refractivity contribution in [2.24, 2.45) is 11.8 Å². The molecule has 3 aliphatic rings. The summed E-state index contributed by atoms with van der Waals surface area (Å²) in [5.74, 6) is 1.98. The van der Waals surface area contributed by atoms with Crippen molar-refractivity contribution in [3.8, 4) is 0 Å². The van der Waals surface area contributed by atoms with Gasteiger partial charge in [0.25, 0.3) is 0 Å². The molecule has 2 heteroatoms. The van der Waals surface area contributed by atoms with E-state index in [0.717, 1.165) is 17.9 Å². The molecule has 2 nitrogen and oxygen atoms in total. The normalized spacial score (nSPS) is 38.5. The quantitative estimate of drug-likeness (QED) is 0.837. The van der Waals surface area contributed by atoms with Gasteiger partial charge in [-0.05, 0) is 50.9 Å². The van der Waals surface area contributed by atoms with Gasteiger partial charge < -0.3 is 5.32 Å². The van der Waals surface area contributed by atoms with Crippen molar-refractivity contribution in [1.29, 1.82) is 0 Å². The minimum Gasteiger partial charge on any atom is -0.311 e. The maximum atomic E-state index is 3.91. The van der Waals surface area contributed by atoms with Crippen LogP contribution in [0.3, 0.4) is 0 Å². The highest BCUT2D eigenvalue weighted by Gasteiger charge is 2.40. The second-order valence-electron chi connectivity index (χ2n) is 7.58. The van der Waals surface area contributed by atoms with Crippen LogP contribution in [0.25, 0.3) is 0 Å². The Morgan fingerprint density at radius 3 is 2.47 bits per heavy atom. The third-order valence-electron chi connectivity index (χ3n) is 6.08.